The summed E-state index contributed by atoms with van der Waals surface area (Å²) in [5.74, 6) is -0.893. The van der Waals surface area contributed by atoms with Crippen molar-refractivity contribution in [3.05, 3.63) is 48.3 Å². The highest BCUT2D eigenvalue weighted by atomic mass is 19.1. The van der Waals surface area contributed by atoms with Gasteiger partial charge in [0.2, 0.25) is 0 Å². The maximum absolute atomic E-state index is 13.2. The highest BCUT2D eigenvalue weighted by molar-refractivity contribution is 5.81. The lowest BCUT2D eigenvalue weighted by atomic mass is 10.1. The number of aliphatic hydroxyl groups excluding tert-OH is 2. The van der Waals surface area contributed by atoms with Crippen molar-refractivity contribution < 1.29 is 28.9 Å². The molecule has 2 aromatic heterocycles. The van der Waals surface area contributed by atoms with Gasteiger partial charge in [0.25, 0.3) is 0 Å². The van der Waals surface area contributed by atoms with Crippen LogP contribution in [0.1, 0.15) is 11.8 Å². The van der Waals surface area contributed by atoms with Crippen LogP contribution in [0.15, 0.2) is 36.9 Å². The van der Waals surface area contributed by atoms with Crippen LogP contribution >= 0.6 is 0 Å². The zero-order valence-electron chi connectivity index (χ0n) is 15.1. The lowest BCUT2D eigenvalue weighted by Gasteiger charge is -2.16. The van der Waals surface area contributed by atoms with Crippen molar-refractivity contribution in [2.24, 2.45) is 0 Å². The number of ether oxygens (including phenoxy) is 2. The Kier molecular flexibility index (Phi) is 5.09. The van der Waals surface area contributed by atoms with Crippen molar-refractivity contribution >= 4 is 23.0 Å². The van der Waals surface area contributed by atoms with Gasteiger partial charge in [-0.1, -0.05) is 12.1 Å². The number of imidazole rings is 1. The van der Waals surface area contributed by atoms with E-state index in [1.54, 1.807) is 6.07 Å². The molecule has 4 N–H and O–H groups in total. The number of carbonyl (C=O) groups is 1. The molecule has 3 heterocycles. The lowest BCUT2D eigenvalue weighted by molar-refractivity contribution is -0.149. The zero-order chi connectivity index (χ0) is 20.5. The lowest BCUT2D eigenvalue weighted by Crippen LogP contribution is -2.34. The molecule has 0 spiro atoms. The fourth-order valence-electron chi connectivity index (χ4n) is 3.19. The van der Waals surface area contributed by atoms with E-state index in [1.165, 1.54) is 35.4 Å². The molecule has 0 bridgehead atoms. The molecule has 152 valence electrons. The Bertz CT molecular complexity index is 1040. The molecular weight excluding hydrogens is 385 g/mol. The van der Waals surface area contributed by atoms with E-state index in [0.29, 0.717) is 16.7 Å². The number of nitrogens with zero attached hydrogens (tertiary/aromatic N) is 4. The van der Waals surface area contributed by atoms with E-state index < -0.39 is 36.3 Å². The van der Waals surface area contributed by atoms with Crippen molar-refractivity contribution in [2.45, 2.75) is 31.0 Å². The molecule has 0 radical (unpaired) electrons. The summed E-state index contributed by atoms with van der Waals surface area (Å²) in [7, 11) is 0. The number of carbonyl (C=O) groups excluding carboxylic acids is 1. The van der Waals surface area contributed by atoms with Gasteiger partial charge in [-0.25, -0.2) is 19.3 Å². The molecule has 0 aliphatic carbocycles. The van der Waals surface area contributed by atoms with Gasteiger partial charge in [-0.3, -0.25) is 9.36 Å². The summed E-state index contributed by atoms with van der Waals surface area (Å²) in [6, 6.07) is 5.61. The van der Waals surface area contributed by atoms with Gasteiger partial charge in [-0.15, -0.1) is 0 Å². The third kappa shape index (κ3) is 3.75. The van der Waals surface area contributed by atoms with Gasteiger partial charge in [0.05, 0.1) is 12.7 Å². The fraction of sp³-hybridized carbons (Fsp3) is 0.333. The number of anilines is 1. The van der Waals surface area contributed by atoms with E-state index in [1.807, 2.05) is 0 Å². The van der Waals surface area contributed by atoms with Gasteiger partial charge >= 0.3 is 5.97 Å². The fourth-order valence-corrected chi connectivity index (χ4v) is 3.19. The van der Waals surface area contributed by atoms with Crippen LogP contribution in [0.5, 0.6) is 0 Å². The third-order valence-corrected chi connectivity index (χ3v) is 4.64. The van der Waals surface area contributed by atoms with E-state index in [-0.39, 0.29) is 18.8 Å². The minimum Gasteiger partial charge on any atom is -0.463 e. The molecule has 1 aliphatic heterocycles. The van der Waals surface area contributed by atoms with Gasteiger partial charge in [0, 0.05) is 0 Å². The van der Waals surface area contributed by atoms with Gasteiger partial charge in [0.1, 0.15) is 42.6 Å². The van der Waals surface area contributed by atoms with E-state index in [9.17, 15) is 19.4 Å². The maximum Gasteiger partial charge on any atom is 0.310 e. The van der Waals surface area contributed by atoms with Crippen LogP contribution in [-0.2, 0) is 20.7 Å². The highest BCUT2D eigenvalue weighted by Crippen LogP contribution is 2.32. The van der Waals surface area contributed by atoms with Crippen LogP contribution in [0.25, 0.3) is 11.2 Å². The number of aliphatic hydroxyl groups is 2. The summed E-state index contributed by atoms with van der Waals surface area (Å²) in [6.07, 6.45) is -2.10. The van der Waals surface area contributed by atoms with Crippen LogP contribution in [0.4, 0.5) is 10.2 Å². The van der Waals surface area contributed by atoms with Gasteiger partial charge in [-0.2, -0.15) is 0 Å². The predicted molar refractivity (Wildman–Crippen MR) is 96.7 cm³/mol. The van der Waals surface area contributed by atoms with E-state index in [2.05, 4.69) is 15.0 Å². The molecular formula is C18H18FN5O5. The molecule has 11 heteroatoms. The minimum absolute atomic E-state index is 0.130. The molecule has 0 amide bonds. The monoisotopic (exact) mass is 403 g/mol. The van der Waals surface area contributed by atoms with E-state index >= 15 is 0 Å². The normalized spacial score (nSPS) is 24.1. The molecule has 0 saturated carbocycles. The number of nitrogens with two attached hydrogens (primary N) is 1. The number of halogens is 1. The number of hydrogen-bond donors (Lipinski definition) is 3. The minimum atomic E-state index is -1.31. The smallest absolute Gasteiger partial charge is 0.310 e. The number of aromatic nitrogens is 4. The number of rotatable bonds is 5. The van der Waals surface area contributed by atoms with Crippen molar-refractivity contribution in [3.8, 4) is 0 Å². The van der Waals surface area contributed by atoms with Crippen LogP contribution in [-0.4, -0.2) is 60.6 Å². The number of hydrogen-bond acceptors (Lipinski definition) is 9. The SMILES string of the molecule is Nc1ncnc2c1ncn2[C@@H]1O[C@H](COC(=O)Cc2cccc(F)c2)[C@@H](O)[C@H]1O. The van der Waals surface area contributed by atoms with Crippen LogP contribution in [0, 0.1) is 5.82 Å². The van der Waals surface area contributed by atoms with Gasteiger partial charge in [0.15, 0.2) is 17.7 Å². The first-order chi connectivity index (χ1) is 13.9. The number of nitrogen functional groups attached to an aromatic ring is 1. The Morgan fingerprint density at radius 1 is 1.28 bits per heavy atom. The summed E-state index contributed by atoms with van der Waals surface area (Å²) >= 11 is 0. The average molecular weight is 403 g/mol. The van der Waals surface area contributed by atoms with Crippen molar-refractivity contribution in [3.63, 3.8) is 0 Å². The van der Waals surface area contributed by atoms with Crippen LogP contribution in [0.3, 0.4) is 0 Å². The topological polar surface area (TPSA) is 146 Å². The molecule has 10 nitrogen and oxygen atoms in total. The largest absolute Gasteiger partial charge is 0.463 e. The summed E-state index contributed by atoms with van der Waals surface area (Å²) in [4.78, 5) is 24.0. The molecule has 29 heavy (non-hydrogen) atoms. The molecule has 1 fully saturated rings. The Labute approximate surface area is 163 Å². The second-order valence-electron chi connectivity index (χ2n) is 6.62. The molecule has 4 rings (SSSR count). The van der Waals surface area contributed by atoms with Gasteiger partial charge < -0.3 is 25.4 Å². The standard InChI is InChI=1S/C18H18FN5O5/c19-10-3-1-2-9(4-10)5-12(25)28-6-11-14(26)15(27)18(29-11)24-8-23-13-16(20)21-7-22-17(13)24/h1-4,7-8,11,14-15,18,26-27H,5-6H2,(H2,20,21,22)/t11-,14-,15-,18-/m1/s1. The summed E-state index contributed by atoms with van der Waals surface area (Å²) in [5, 5.41) is 20.7. The first-order valence-electron chi connectivity index (χ1n) is 8.78. The first-order valence-corrected chi connectivity index (χ1v) is 8.78. The second-order valence-corrected chi connectivity index (χ2v) is 6.62. The Morgan fingerprint density at radius 2 is 2.10 bits per heavy atom. The second kappa shape index (κ2) is 7.70. The summed E-state index contributed by atoms with van der Waals surface area (Å²) < 4.78 is 25.4. The van der Waals surface area contributed by atoms with Crippen LogP contribution in [0.2, 0.25) is 0 Å². The highest BCUT2D eigenvalue weighted by Gasteiger charge is 2.44. The Hall–Kier alpha value is -3.15. The number of fused-ring (bicyclic) bond motifs is 1. The first kappa shape index (κ1) is 19.2. The maximum atomic E-state index is 13.2. The average Bonchev–Trinajstić information content (AvgIpc) is 3.23. The Balaban J connectivity index is 1.42. The number of benzene rings is 1. The number of esters is 1. The molecule has 3 aromatic rings. The molecule has 1 aliphatic rings. The molecule has 1 saturated heterocycles. The van der Waals surface area contributed by atoms with Crippen molar-refractivity contribution in [1.29, 1.82) is 0 Å². The van der Waals surface area contributed by atoms with E-state index in [4.69, 9.17) is 15.2 Å². The molecule has 1 aromatic carbocycles. The van der Waals surface area contributed by atoms with Gasteiger partial charge in [-0.05, 0) is 17.7 Å². The summed E-state index contributed by atoms with van der Waals surface area (Å²) in [5.41, 5.74) is 6.88. The molecule has 4 atom stereocenters. The predicted octanol–water partition coefficient (Wildman–Crippen LogP) is -0.0473. The van der Waals surface area contributed by atoms with Crippen molar-refractivity contribution in [1.82, 2.24) is 19.5 Å². The quantitative estimate of drug-likeness (QED) is 0.499. The zero-order valence-corrected chi connectivity index (χ0v) is 15.1. The van der Waals surface area contributed by atoms with E-state index in [0.717, 1.165) is 0 Å². The molecule has 0 unspecified atom stereocenters. The van der Waals surface area contributed by atoms with Crippen molar-refractivity contribution in [2.75, 3.05) is 12.3 Å². The Morgan fingerprint density at radius 3 is 2.90 bits per heavy atom. The van der Waals surface area contributed by atoms with Crippen LogP contribution < -0.4 is 5.73 Å². The third-order valence-electron chi connectivity index (χ3n) is 4.64. The summed E-state index contributed by atoms with van der Waals surface area (Å²) in [6.45, 7) is -0.285.